The van der Waals surface area contributed by atoms with Gasteiger partial charge in [0.05, 0.1) is 11.8 Å². The summed E-state index contributed by atoms with van der Waals surface area (Å²) in [4.78, 5) is 63.7. The molecule has 3 fully saturated rings. The fraction of sp³-hybridized carbons (Fsp3) is 0.531. The van der Waals surface area contributed by atoms with Crippen molar-refractivity contribution in [3.05, 3.63) is 59.0 Å². The van der Waals surface area contributed by atoms with Crippen LogP contribution in [0.2, 0.25) is 0 Å². The van der Waals surface area contributed by atoms with Crippen LogP contribution in [0.4, 0.5) is 9.59 Å². The zero-order valence-corrected chi connectivity index (χ0v) is 24.7. The average molecular weight is 575 g/mol. The maximum Gasteiger partial charge on any atom is 0.424 e. The summed E-state index contributed by atoms with van der Waals surface area (Å²) in [5.74, 6) is -1.61. The first-order valence-corrected chi connectivity index (χ1v) is 15.1. The van der Waals surface area contributed by atoms with Crippen molar-refractivity contribution in [2.45, 2.75) is 58.4 Å². The number of nitrogens with zero attached hydrogens (tertiary/aromatic N) is 4. The van der Waals surface area contributed by atoms with Gasteiger partial charge in [-0.25, -0.2) is 14.5 Å². The first-order chi connectivity index (χ1) is 20.3. The Morgan fingerprint density at radius 1 is 1.10 bits per heavy atom. The van der Waals surface area contributed by atoms with E-state index in [1.165, 1.54) is 16.8 Å². The Labute approximate surface area is 246 Å². The van der Waals surface area contributed by atoms with Gasteiger partial charge < -0.3 is 14.4 Å². The number of rotatable bonds is 8. The van der Waals surface area contributed by atoms with Crippen LogP contribution in [0.15, 0.2) is 58.4 Å². The topological polar surface area (TPSA) is 109 Å². The minimum atomic E-state index is -1.30. The number of amides is 4. The number of aliphatic imine (C=N–C) groups is 1. The number of imide groups is 1. The predicted molar refractivity (Wildman–Crippen MR) is 154 cm³/mol. The minimum Gasteiger partial charge on any atom is -0.393 e. The highest BCUT2D eigenvalue weighted by molar-refractivity contribution is 6.09. The van der Waals surface area contributed by atoms with E-state index in [2.05, 4.69) is 0 Å². The first-order valence-electron chi connectivity index (χ1n) is 15.1. The lowest BCUT2D eigenvalue weighted by atomic mass is 9.59. The molecule has 3 heterocycles. The van der Waals surface area contributed by atoms with Gasteiger partial charge >= 0.3 is 12.2 Å². The molecule has 3 aliphatic heterocycles. The second kappa shape index (κ2) is 10.7. The Hall–Kier alpha value is -3.95. The van der Waals surface area contributed by atoms with Gasteiger partial charge in [0.25, 0.3) is 0 Å². The summed E-state index contributed by atoms with van der Waals surface area (Å²) in [6.07, 6.45) is 3.96. The normalized spacial score (nSPS) is 29.3. The van der Waals surface area contributed by atoms with Gasteiger partial charge in [0, 0.05) is 44.6 Å². The number of ether oxygens (including phenoxy) is 2. The zero-order valence-electron chi connectivity index (χ0n) is 24.7. The van der Waals surface area contributed by atoms with Crippen LogP contribution < -0.4 is 0 Å². The van der Waals surface area contributed by atoms with Crippen molar-refractivity contribution in [1.29, 1.82) is 0 Å². The summed E-state index contributed by atoms with van der Waals surface area (Å²) in [5.41, 5.74) is 1.09. The molecule has 10 nitrogen and oxygen atoms in total. The van der Waals surface area contributed by atoms with Crippen LogP contribution in [0.25, 0.3) is 0 Å². The Bertz CT molecular complexity index is 1410. The first kappa shape index (κ1) is 28.2. The average Bonchev–Trinajstić information content (AvgIpc) is 3.74. The summed E-state index contributed by atoms with van der Waals surface area (Å²) in [6.45, 7) is 7.05. The second-order valence-electron chi connectivity index (χ2n) is 11.8. The molecular formula is C32H38N4O6. The summed E-state index contributed by atoms with van der Waals surface area (Å²) in [6, 6.07) is 9.69. The molecule has 1 aromatic rings. The molecule has 2 saturated heterocycles. The molecule has 0 radical (unpaired) electrons. The molecule has 42 heavy (non-hydrogen) atoms. The van der Waals surface area contributed by atoms with Crippen molar-refractivity contribution < 1.29 is 28.7 Å². The quantitative estimate of drug-likeness (QED) is 0.423. The Balaban J connectivity index is 1.61. The SMILES string of the molecule is CCC1=C(OC(=O)N(CC)CC)N2C(=O)OC(=NCC3CC3)[C@]2(Cc2ccccc2)[C@H]2C1=CC[C@H]1C(=O)N(C)C(=O)[C@H]12. The van der Waals surface area contributed by atoms with Crippen LogP contribution in [-0.2, 0) is 25.5 Å². The lowest BCUT2D eigenvalue weighted by molar-refractivity contribution is -0.138. The smallest absolute Gasteiger partial charge is 0.393 e. The predicted octanol–water partition coefficient (Wildman–Crippen LogP) is 4.52. The third-order valence-corrected chi connectivity index (χ3v) is 9.51. The highest BCUT2D eigenvalue weighted by Crippen LogP contribution is 2.58. The van der Waals surface area contributed by atoms with Crippen LogP contribution in [0, 0.1) is 23.7 Å². The molecular weight excluding hydrogens is 536 g/mol. The molecule has 0 spiro atoms. The van der Waals surface area contributed by atoms with Gasteiger partial charge in [-0.15, -0.1) is 0 Å². The second-order valence-corrected chi connectivity index (χ2v) is 11.8. The van der Waals surface area contributed by atoms with Gasteiger partial charge in [0.2, 0.25) is 23.6 Å². The fourth-order valence-corrected chi connectivity index (χ4v) is 7.18. The highest BCUT2D eigenvalue weighted by atomic mass is 16.6. The maximum absolute atomic E-state index is 14.0. The van der Waals surface area contributed by atoms with Crippen LogP contribution >= 0.6 is 0 Å². The summed E-state index contributed by atoms with van der Waals surface area (Å²) >= 11 is 0. The summed E-state index contributed by atoms with van der Waals surface area (Å²) < 4.78 is 12.2. The van der Waals surface area contributed by atoms with Gasteiger partial charge in [-0.3, -0.25) is 19.5 Å². The molecule has 4 atom stereocenters. The number of likely N-dealkylation sites (tertiary alicyclic amines) is 1. The van der Waals surface area contributed by atoms with Crippen molar-refractivity contribution in [2.24, 2.45) is 28.7 Å². The highest BCUT2D eigenvalue weighted by Gasteiger charge is 2.69. The molecule has 222 valence electrons. The van der Waals surface area contributed by atoms with Crippen molar-refractivity contribution in [3.8, 4) is 0 Å². The van der Waals surface area contributed by atoms with Gasteiger partial charge in [-0.05, 0) is 56.6 Å². The van der Waals surface area contributed by atoms with Gasteiger partial charge in [0.1, 0.15) is 5.54 Å². The molecule has 1 saturated carbocycles. The Morgan fingerprint density at radius 2 is 1.81 bits per heavy atom. The molecule has 2 aliphatic carbocycles. The maximum atomic E-state index is 14.0. The number of allylic oxidation sites excluding steroid dienone is 2. The fourth-order valence-electron chi connectivity index (χ4n) is 7.18. The van der Waals surface area contributed by atoms with Crippen molar-refractivity contribution in [1.82, 2.24) is 14.7 Å². The molecule has 1 aromatic carbocycles. The van der Waals surface area contributed by atoms with Crippen molar-refractivity contribution in [2.75, 3.05) is 26.7 Å². The monoisotopic (exact) mass is 574 g/mol. The van der Waals surface area contributed by atoms with E-state index < -0.39 is 35.5 Å². The third kappa shape index (κ3) is 4.25. The number of cyclic esters (lactones) is 1. The molecule has 0 bridgehead atoms. The summed E-state index contributed by atoms with van der Waals surface area (Å²) in [7, 11) is 1.53. The number of fused-ring (bicyclic) bond motifs is 5. The number of carbonyl (C=O) groups excluding carboxylic acids is 4. The van der Waals surface area contributed by atoms with E-state index >= 15 is 0 Å². The lowest BCUT2D eigenvalue weighted by Gasteiger charge is -2.51. The lowest BCUT2D eigenvalue weighted by Crippen LogP contribution is -2.63. The van der Waals surface area contributed by atoms with E-state index in [0.29, 0.717) is 44.0 Å². The van der Waals surface area contributed by atoms with Crippen LogP contribution in [0.3, 0.4) is 0 Å². The number of hydrogen-bond donors (Lipinski definition) is 0. The molecule has 0 N–H and O–H groups in total. The van der Waals surface area contributed by atoms with Crippen LogP contribution in [0.1, 0.15) is 52.0 Å². The Morgan fingerprint density at radius 3 is 2.45 bits per heavy atom. The van der Waals surface area contributed by atoms with E-state index in [1.807, 2.05) is 57.2 Å². The van der Waals surface area contributed by atoms with Crippen molar-refractivity contribution >= 4 is 29.9 Å². The molecule has 4 amide bonds. The summed E-state index contributed by atoms with van der Waals surface area (Å²) in [5, 5.41) is 0. The number of hydrogen-bond acceptors (Lipinski definition) is 7. The van der Waals surface area contributed by atoms with E-state index in [1.54, 1.807) is 4.90 Å². The largest absolute Gasteiger partial charge is 0.424 e. The van der Waals surface area contributed by atoms with Crippen molar-refractivity contribution in [3.63, 3.8) is 0 Å². The number of carbonyl (C=O) groups is 4. The van der Waals surface area contributed by atoms with E-state index in [4.69, 9.17) is 14.5 Å². The van der Waals surface area contributed by atoms with Gasteiger partial charge in [-0.1, -0.05) is 43.3 Å². The van der Waals surface area contributed by atoms with Crippen LogP contribution in [0.5, 0.6) is 0 Å². The van der Waals surface area contributed by atoms with Crippen LogP contribution in [-0.4, -0.2) is 76.8 Å². The number of benzene rings is 1. The standard InChI is InChI=1S/C32H38N4O6/c1-5-21-22-15-16-23-24(27(38)34(4)26(23)37)25(22)32(17-19-11-9-8-10-12-19)29(33-18-20-13-14-20)42-31(40)36(32)28(21)41-30(39)35(6-2)7-3/h8-12,15,20,23-25H,5-7,13-14,16-18H2,1-4H3/t23-,24-,25+,32+/m1/s1. The molecule has 5 aliphatic rings. The zero-order chi connectivity index (χ0) is 29.8. The third-order valence-electron chi connectivity index (χ3n) is 9.51. The Kier molecular flexibility index (Phi) is 7.19. The van der Waals surface area contributed by atoms with Gasteiger partial charge in [0.15, 0.2) is 0 Å². The minimum absolute atomic E-state index is 0.123. The molecule has 0 unspecified atom stereocenters. The molecule has 0 aromatic heterocycles. The van der Waals surface area contributed by atoms with E-state index in [0.717, 1.165) is 24.0 Å². The molecule has 10 heteroatoms. The van der Waals surface area contributed by atoms with Gasteiger partial charge in [-0.2, -0.15) is 0 Å². The molecule has 6 rings (SSSR count). The van der Waals surface area contributed by atoms with E-state index in [-0.39, 0.29) is 30.0 Å². The van der Waals surface area contributed by atoms with E-state index in [9.17, 15) is 19.2 Å².